The Morgan fingerprint density at radius 1 is 0.694 bits per heavy atom. The molecule has 6 aromatic rings. The van der Waals surface area contributed by atoms with Crippen LogP contribution in [0.15, 0.2) is 67.7 Å². The van der Waals surface area contributed by atoms with Crippen molar-refractivity contribution in [1.82, 2.24) is 37.4 Å². The summed E-state index contributed by atoms with van der Waals surface area (Å²) < 4.78 is 6.50. The summed E-state index contributed by atoms with van der Waals surface area (Å²) in [7, 11) is 5.45. The number of carbonyl (C=O) groups excluding carboxylic acids is 2. The monoisotopic (exact) mass is 686 g/mol. The Balaban J connectivity index is 1.56. The molecular weight excluding hydrogens is 656 g/mol. The van der Waals surface area contributed by atoms with Crippen LogP contribution in [0.3, 0.4) is 0 Å². The molecule has 0 unspecified atom stereocenters. The van der Waals surface area contributed by atoms with Crippen LogP contribution in [0.1, 0.15) is 11.1 Å². The van der Waals surface area contributed by atoms with E-state index in [1.54, 1.807) is 36.4 Å². The van der Waals surface area contributed by atoms with E-state index >= 15 is 0 Å². The number of rotatable bonds is 7. The normalized spacial score (nSPS) is 11.4. The van der Waals surface area contributed by atoms with E-state index < -0.39 is 47.4 Å². The van der Waals surface area contributed by atoms with Gasteiger partial charge in [-0.25, -0.2) is 14.5 Å². The van der Waals surface area contributed by atoms with Crippen LogP contribution in [0.5, 0.6) is 0 Å². The number of amides is 2. The lowest BCUT2D eigenvalue weighted by molar-refractivity contribution is -0.119. The van der Waals surface area contributed by atoms with Crippen molar-refractivity contribution in [3.05, 3.63) is 107 Å². The maximum absolute atomic E-state index is 14.5. The fourth-order valence-electron chi connectivity index (χ4n) is 5.57. The van der Waals surface area contributed by atoms with Gasteiger partial charge in [-0.3, -0.25) is 46.6 Å². The molecule has 0 bridgehead atoms. The molecule has 17 heteroatoms. The number of carbonyl (C=O) groups is 2. The number of fused-ring (bicyclic) bond motifs is 2. The number of aryl methyl sites for hydroxylation is 4. The van der Waals surface area contributed by atoms with Crippen LogP contribution >= 0.6 is 11.6 Å². The minimum absolute atomic E-state index is 0.0219. The van der Waals surface area contributed by atoms with Crippen molar-refractivity contribution in [3.63, 3.8) is 0 Å². The van der Waals surface area contributed by atoms with Gasteiger partial charge < -0.3 is 5.32 Å². The van der Waals surface area contributed by atoms with Gasteiger partial charge in [0.1, 0.15) is 13.1 Å². The Bertz CT molecular complexity index is 2570. The standard InChI is InChI=1S/C32H31ClN10O6/c1-17-7-11-19(12-8-17)34-21(44)15-42-24-26(38(4)32(49)40(6)28(24)47)36-30(42)43(20-13-9-18(2)10-14-20)22(45)16-41-23-25(35-29(41)33)37(3)31(48)39(5)27(23)46/h7-14H,15-16H2,1-6H3,(H,34,44). The Hall–Kier alpha value is -6.03. The summed E-state index contributed by atoms with van der Waals surface area (Å²) in [5, 5.41) is 2.57. The third-order valence-corrected chi connectivity index (χ3v) is 8.59. The minimum Gasteiger partial charge on any atom is -0.325 e. The van der Waals surface area contributed by atoms with Crippen molar-refractivity contribution >= 4 is 63.1 Å². The third-order valence-electron chi connectivity index (χ3n) is 8.30. The Morgan fingerprint density at radius 2 is 1.18 bits per heavy atom. The lowest BCUT2D eigenvalue weighted by Gasteiger charge is -2.23. The first-order chi connectivity index (χ1) is 23.2. The van der Waals surface area contributed by atoms with Crippen molar-refractivity contribution in [2.75, 3.05) is 10.2 Å². The largest absolute Gasteiger partial charge is 0.332 e. The van der Waals surface area contributed by atoms with Crippen molar-refractivity contribution in [2.24, 2.45) is 28.2 Å². The highest BCUT2D eigenvalue weighted by atomic mass is 35.5. The van der Waals surface area contributed by atoms with E-state index in [2.05, 4.69) is 15.3 Å². The molecule has 16 nitrogen and oxygen atoms in total. The van der Waals surface area contributed by atoms with E-state index in [-0.39, 0.29) is 33.6 Å². The average molecular weight is 687 g/mol. The van der Waals surface area contributed by atoms with Gasteiger partial charge in [0.2, 0.25) is 17.1 Å². The van der Waals surface area contributed by atoms with Crippen molar-refractivity contribution < 1.29 is 9.59 Å². The summed E-state index contributed by atoms with van der Waals surface area (Å²) in [4.78, 5) is 90.4. The smallest absolute Gasteiger partial charge is 0.325 e. The van der Waals surface area contributed by atoms with Crippen molar-refractivity contribution in [3.8, 4) is 0 Å². The fraction of sp³-hybridized carbons (Fsp3) is 0.250. The number of imidazole rings is 2. The zero-order valence-corrected chi connectivity index (χ0v) is 28.1. The molecule has 0 aliphatic rings. The number of hydrogen-bond donors (Lipinski definition) is 1. The van der Waals surface area contributed by atoms with Crippen LogP contribution in [-0.4, -0.2) is 49.2 Å². The number of nitrogens with one attached hydrogen (secondary N) is 1. The summed E-state index contributed by atoms with van der Waals surface area (Å²) >= 11 is 6.47. The van der Waals surface area contributed by atoms with Crippen molar-refractivity contribution in [1.29, 1.82) is 0 Å². The second-order valence-electron chi connectivity index (χ2n) is 11.7. The topological polar surface area (TPSA) is 173 Å². The summed E-state index contributed by atoms with van der Waals surface area (Å²) in [6.45, 7) is 2.73. The van der Waals surface area contributed by atoms with Crippen LogP contribution in [-0.2, 0) is 50.9 Å². The lowest BCUT2D eigenvalue weighted by atomic mass is 10.2. The molecule has 49 heavy (non-hydrogen) atoms. The number of nitrogens with zero attached hydrogens (tertiary/aromatic N) is 9. The van der Waals surface area contributed by atoms with Crippen LogP contribution in [0.4, 0.5) is 17.3 Å². The van der Waals surface area contributed by atoms with E-state index in [1.807, 2.05) is 26.0 Å². The highest BCUT2D eigenvalue weighted by molar-refractivity contribution is 6.29. The molecule has 0 radical (unpaired) electrons. The van der Waals surface area contributed by atoms with Gasteiger partial charge in [0.15, 0.2) is 22.3 Å². The van der Waals surface area contributed by atoms with Crippen LogP contribution in [0.2, 0.25) is 5.28 Å². The van der Waals surface area contributed by atoms with Crippen LogP contribution in [0.25, 0.3) is 22.3 Å². The van der Waals surface area contributed by atoms with Gasteiger partial charge in [0.25, 0.3) is 17.0 Å². The lowest BCUT2D eigenvalue weighted by Crippen LogP contribution is -2.38. The molecular formula is C32H31ClN10O6. The zero-order chi connectivity index (χ0) is 35.5. The van der Waals surface area contributed by atoms with E-state index in [9.17, 15) is 28.8 Å². The summed E-state index contributed by atoms with van der Waals surface area (Å²) in [6, 6.07) is 13.9. The van der Waals surface area contributed by atoms with Gasteiger partial charge in [-0.15, -0.1) is 0 Å². The zero-order valence-electron chi connectivity index (χ0n) is 27.4. The molecule has 0 fully saturated rings. The van der Waals surface area contributed by atoms with E-state index in [4.69, 9.17) is 11.6 Å². The molecule has 0 spiro atoms. The predicted molar refractivity (Wildman–Crippen MR) is 184 cm³/mol. The predicted octanol–water partition coefficient (Wildman–Crippen LogP) is 1.45. The number of anilines is 3. The van der Waals surface area contributed by atoms with Gasteiger partial charge in [0, 0.05) is 33.9 Å². The van der Waals surface area contributed by atoms with Gasteiger partial charge in [-0.1, -0.05) is 35.4 Å². The first-order valence-electron chi connectivity index (χ1n) is 14.9. The van der Waals surface area contributed by atoms with Crippen molar-refractivity contribution in [2.45, 2.75) is 26.9 Å². The number of benzene rings is 2. The molecule has 1 N–H and O–H groups in total. The maximum atomic E-state index is 14.5. The molecule has 4 aromatic heterocycles. The first-order valence-corrected chi connectivity index (χ1v) is 15.3. The van der Waals surface area contributed by atoms with Gasteiger partial charge in [0.05, 0.1) is 5.69 Å². The van der Waals surface area contributed by atoms with E-state index in [0.717, 1.165) is 29.4 Å². The van der Waals surface area contributed by atoms with E-state index in [1.165, 1.54) is 42.2 Å². The molecule has 6 rings (SSSR count). The number of hydrogen-bond acceptors (Lipinski definition) is 8. The van der Waals surface area contributed by atoms with Gasteiger partial charge in [-0.05, 0) is 49.7 Å². The Kier molecular flexibility index (Phi) is 8.19. The molecule has 252 valence electrons. The average Bonchev–Trinajstić information content (AvgIpc) is 3.60. The quantitative estimate of drug-likeness (QED) is 0.246. The van der Waals surface area contributed by atoms with Gasteiger partial charge >= 0.3 is 11.4 Å². The Labute approximate surface area is 281 Å². The number of halogens is 1. The second-order valence-corrected chi connectivity index (χ2v) is 12.0. The SMILES string of the molecule is Cc1ccc(NC(=O)Cn2c(N(C(=O)Cn3c(Cl)nc4c3c(=O)n(C)c(=O)n4C)c3ccc(C)cc3)nc3c2c(=O)n(C)c(=O)n3C)cc1. The number of aromatic nitrogens is 8. The minimum atomic E-state index is -0.732. The molecule has 0 saturated heterocycles. The molecule has 0 saturated carbocycles. The molecule has 4 heterocycles. The summed E-state index contributed by atoms with van der Waals surface area (Å²) in [5.41, 5.74) is -0.338. The van der Waals surface area contributed by atoms with Crippen LogP contribution < -0.4 is 32.7 Å². The van der Waals surface area contributed by atoms with E-state index in [0.29, 0.717) is 11.4 Å². The summed E-state index contributed by atoms with van der Waals surface area (Å²) in [5.74, 6) is -1.38. The highest BCUT2D eigenvalue weighted by Gasteiger charge is 2.30. The molecule has 2 amide bonds. The Morgan fingerprint density at radius 3 is 1.73 bits per heavy atom. The molecule has 0 aliphatic heterocycles. The summed E-state index contributed by atoms with van der Waals surface area (Å²) in [6.07, 6.45) is 0. The van der Waals surface area contributed by atoms with Gasteiger partial charge in [-0.2, -0.15) is 9.97 Å². The second kappa shape index (κ2) is 12.2. The maximum Gasteiger partial charge on any atom is 0.332 e. The van der Waals surface area contributed by atoms with Crippen LogP contribution in [0, 0.1) is 13.8 Å². The molecule has 0 atom stereocenters. The third kappa shape index (κ3) is 5.54. The fourth-order valence-corrected chi connectivity index (χ4v) is 5.80. The highest BCUT2D eigenvalue weighted by Crippen LogP contribution is 2.29. The first kappa shape index (κ1) is 32.9. The molecule has 2 aromatic carbocycles. The molecule has 0 aliphatic carbocycles.